The predicted octanol–water partition coefficient (Wildman–Crippen LogP) is 2.98. The fourth-order valence-corrected chi connectivity index (χ4v) is 1.86. The number of hydrogen-bond donors (Lipinski definition) is 1. The quantitative estimate of drug-likeness (QED) is 0.840. The normalized spacial score (nSPS) is 15.6. The Morgan fingerprint density at radius 3 is 2.74 bits per heavy atom. The van der Waals surface area contributed by atoms with Crippen LogP contribution in [0.1, 0.15) is 18.9 Å². The highest BCUT2D eigenvalue weighted by molar-refractivity contribution is 5.85. The molecule has 1 aromatic rings. The standard InChI is InChI=1S/C12H13F4N3/c1-2-17-11-5-6-19(18-11)8-3-4-10(13)9(7-8)12(14,15)16/h3-4,7H,2,5-6H2,1H3,(H,17,18). The number of alkyl halides is 3. The number of amidine groups is 1. The van der Waals surface area contributed by atoms with E-state index >= 15 is 0 Å². The second-order valence-electron chi connectivity index (χ2n) is 4.11. The molecule has 0 unspecified atom stereocenters. The van der Waals surface area contributed by atoms with Gasteiger partial charge in [0.25, 0.3) is 0 Å². The van der Waals surface area contributed by atoms with Crippen LogP contribution in [0.5, 0.6) is 0 Å². The number of nitrogens with zero attached hydrogens (tertiary/aromatic N) is 2. The predicted molar refractivity (Wildman–Crippen MR) is 64.5 cm³/mol. The molecule has 0 radical (unpaired) electrons. The molecule has 2 rings (SSSR count). The molecule has 19 heavy (non-hydrogen) atoms. The van der Waals surface area contributed by atoms with Gasteiger partial charge in [0.15, 0.2) is 0 Å². The van der Waals surface area contributed by atoms with Crippen LogP contribution in [-0.4, -0.2) is 18.9 Å². The van der Waals surface area contributed by atoms with Crippen LogP contribution < -0.4 is 10.3 Å². The summed E-state index contributed by atoms with van der Waals surface area (Å²) in [6.45, 7) is 3.08. The summed E-state index contributed by atoms with van der Waals surface area (Å²) in [6.07, 6.45) is -4.07. The zero-order valence-electron chi connectivity index (χ0n) is 10.3. The number of hydrogen-bond acceptors (Lipinski definition) is 3. The minimum atomic E-state index is -4.70. The molecule has 0 atom stereocenters. The number of nitrogens with one attached hydrogen (secondary N) is 1. The summed E-state index contributed by atoms with van der Waals surface area (Å²) >= 11 is 0. The summed E-state index contributed by atoms with van der Waals surface area (Å²) in [6, 6.07) is 2.90. The summed E-state index contributed by atoms with van der Waals surface area (Å²) < 4.78 is 51.0. The van der Waals surface area contributed by atoms with Crippen molar-refractivity contribution in [2.75, 3.05) is 18.1 Å². The van der Waals surface area contributed by atoms with E-state index in [1.54, 1.807) is 0 Å². The van der Waals surface area contributed by atoms with Crippen molar-refractivity contribution in [3.05, 3.63) is 29.6 Å². The molecule has 0 saturated heterocycles. The maximum absolute atomic E-state index is 13.2. The Morgan fingerprint density at radius 2 is 2.11 bits per heavy atom. The highest BCUT2D eigenvalue weighted by atomic mass is 19.4. The van der Waals surface area contributed by atoms with E-state index in [1.807, 2.05) is 6.92 Å². The van der Waals surface area contributed by atoms with E-state index in [1.165, 1.54) is 11.1 Å². The highest BCUT2D eigenvalue weighted by Gasteiger charge is 2.34. The molecule has 0 spiro atoms. The van der Waals surface area contributed by atoms with Crippen LogP contribution in [-0.2, 0) is 6.18 Å². The molecule has 7 heteroatoms. The third-order valence-electron chi connectivity index (χ3n) is 2.74. The van der Waals surface area contributed by atoms with Crippen molar-refractivity contribution in [3.63, 3.8) is 0 Å². The van der Waals surface area contributed by atoms with E-state index in [0.717, 1.165) is 18.0 Å². The zero-order valence-corrected chi connectivity index (χ0v) is 10.3. The maximum Gasteiger partial charge on any atom is 0.419 e. The van der Waals surface area contributed by atoms with Gasteiger partial charge < -0.3 is 5.32 Å². The molecule has 1 aromatic carbocycles. The van der Waals surface area contributed by atoms with Crippen LogP contribution in [0.15, 0.2) is 23.3 Å². The van der Waals surface area contributed by atoms with Gasteiger partial charge in [-0.3, -0.25) is 5.01 Å². The first-order valence-electron chi connectivity index (χ1n) is 5.87. The number of rotatable bonds is 2. The molecule has 1 N–H and O–H groups in total. The van der Waals surface area contributed by atoms with Crippen molar-refractivity contribution >= 4 is 11.5 Å². The van der Waals surface area contributed by atoms with Gasteiger partial charge >= 0.3 is 6.18 Å². The Labute approximate surface area is 107 Å². The van der Waals surface area contributed by atoms with Crippen molar-refractivity contribution < 1.29 is 17.6 Å². The Hall–Kier alpha value is -1.79. The van der Waals surface area contributed by atoms with Crippen LogP contribution in [0.4, 0.5) is 23.2 Å². The van der Waals surface area contributed by atoms with Crippen LogP contribution in [0.2, 0.25) is 0 Å². The molecule has 1 aliphatic rings. The summed E-state index contributed by atoms with van der Waals surface area (Å²) in [5.41, 5.74) is -1.03. The minimum Gasteiger partial charge on any atom is -0.372 e. The second-order valence-corrected chi connectivity index (χ2v) is 4.11. The number of benzene rings is 1. The van der Waals surface area contributed by atoms with Gasteiger partial charge in [-0.25, -0.2) is 4.39 Å². The van der Waals surface area contributed by atoms with Gasteiger partial charge in [0.2, 0.25) is 0 Å². The Kier molecular flexibility index (Phi) is 3.64. The fourth-order valence-electron chi connectivity index (χ4n) is 1.86. The van der Waals surface area contributed by atoms with Gasteiger partial charge in [-0.05, 0) is 25.1 Å². The number of anilines is 1. The average molecular weight is 275 g/mol. The lowest BCUT2D eigenvalue weighted by molar-refractivity contribution is -0.139. The average Bonchev–Trinajstić information content (AvgIpc) is 2.77. The molecule has 0 aromatic heterocycles. The van der Waals surface area contributed by atoms with Crippen LogP contribution >= 0.6 is 0 Å². The zero-order chi connectivity index (χ0) is 14.0. The first kappa shape index (κ1) is 13.6. The molecule has 1 aliphatic heterocycles. The van der Waals surface area contributed by atoms with Crippen LogP contribution in [0.25, 0.3) is 0 Å². The Bertz CT molecular complexity index is 496. The SMILES string of the molecule is CCNC1=NN(c2ccc(F)c(C(F)(F)F)c2)CC1. The third-order valence-corrected chi connectivity index (χ3v) is 2.74. The van der Waals surface area contributed by atoms with Gasteiger partial charge in [0.1, 0.15) is 11.7 Å². The van der Waals surface area contributed by atoms with Gasteiger partial charge in [-0.2, -0.15) is 18.3 Å². The van der Waals surface area contributed by atoms with Crippen molar-refractivity contribution in [3.8, 4) is 0 Å². The summed E-state index contributed by atoms with van der Waals surface area (Å²) in [4.78, 5) is 0. The minimum absolute atomic E-state index is 0.238. The molecule has 0 amide bonds. The number of hydrazone groups is 1. The molecule has 3 nitrogen and oxygen atoms in total. The molecule has 0 fully saturated rings. The topological polar surface area (TPSA) is 27.6 Å². The fraction of sp³-hybridized carbons (Fsp3) is 0.417. The summed E-state index contributed by atoms with van der Waals surface area (Å²) in [5, 5.41) is 8.60. The van der Waals surface area contributed by atoms with Crippen molar-refractivity contribution in [1.82, 2.24) is 5.32 Å². The largest absolute Gasteiger partial charge is 0.419 e. The molecular formula is C12H13F4N3. The molecular weight excluding hydrogens is 262 g/mol. The smallest absolute Gasteiger partial charge is 0.372 e. The molecule has 0 aliphatic carbocycles. The highest BCUT2D eigenvalue weighted by Crippen LogP contribution is 2.34. The van der Waals surface area contributed by atoms with Crippen molar-refractivity contribution in [2.45, 2.75) is 19.5 Å². The number of halogens is 4. The lowest BCUT2D eigenvalue weighted by Crippen LogP contribution is -2.20. The van der Waals surface area contributed by atoms with Gasteiger partial charge in [0, 0.05) is 19.5 Å². The van der Waals surface area contributed by atoms with E-state index in [0.29, 0.717) is 19.5 Å². The van der Waals surface area contributed by atoms with E-state index in [2.05, 4.69) is 10.4 Å². The Morgan fingerprint density at radius 1 is 1.37 bits per heavy atom. The molecule has 0 saturated carbocycles. The first-order chi connectivity index (χ1) is 8.91. The summed E-state index contributed by atoms with van der Waals surface area (Å²) in [7, 11) is 0. The second kappa shape index (κ2) is 5.07. The maximum atomic E-state index is 13.2. The first-order valence-corrected chi connectivity index (χ1v) is 5.87. The van der Waals surface area contributed by atoms with Crippen molar-refractivity contribution in [2.24, 2.45) is 5.10 Å². The van der Waals surface area contributed by atoms with Gasteiger partial charge in [-0.1, -0.05) is 0 Å². The molecule has 0 bridgehead atoms. The van der Waals surface area contributed by atoms with Gasteiger partial charge in [-0.15, -0.1) is 0 Å². The van der Waals surface area contributed by atoms with Gasteiger partial charge in [0.05, 0.1) is 11.3 Å². The molecule has 1 heterocycles. The summed E-state index contributed by atoms with van der Waals surface area (Å²) in [5.74, 6) is -0.549. The lowest BCUT2D eigenvalue weighted by atomic mass is 10.1. The van der Waals surface area contributed by atoms with Crippen LogP contribution in [0.3, 0.4) is 0 Å². The van der Waals surface area contributed by atoms with Crippen LogP contribution in [0, 0.1) is 5.82 Å². The van der Waals surface area contributed by atoms with E-state index in [4.69, 9.17) is 0 Å². The Balaban J connectivity index is 2.28. The third kappa shape index (κ3) is 2.97. The monoisotopic (exact) mass is 275 g/mol. The lowest BCUT2D eigenvalue weighted by Gasteiger charge is -2.16. The van der Waals surface area contributed by atoms with Crippen molar-refractivity contribution in [1.29, 1.82) is 0 Å². The molecule has 104 valence electrons. The van der Waals surface area contributed by atoms with E-state index < -0.39 is 17.6 Å². The van der Waals surface area contributed by atoms with E-state index in [-0.39, 0.29) is 5.69 Å². The van der Waals surface area contributed by atoms with E-state index in [9.17, 15) is 17.6 Å².